The molecule has 198 valence electrons. The zero-order chi connectivity index (χ0) is 27.1. The van der Waals surface area contributed by atoms with Crippen molar-refractivity contribution in [2.75, 3.05) is 10.8 Å². The number of anilines is 1. The minimum Gasteiger partial charge on any atom is -0.261 e. The van der Waals surface area contributed by atoms with Gasteiger partial charge in [0.15, 0.2) is 5.17 Å². The van der Waals surface area contributed by atoms with Crippen LogP contribution in [0.2, 0.25) is 0 Å². The molecule has 0 unspecified atom stereocenters. The molecule has 7 nitrogen and oxygen atoms in total. The van der Waals surface area contributed by atoms with Gasteiger partial charge in [0.25, 0.3) is 15.7 Å². The van der Waals surface area contributed by atoms with E-state index in [1.165, 1.54) is 12.1 Å². The van der Waals surface area contributed by atoms with Gasteiger partial charge in [-0.15, -0.1) is 0 Å². The molecule has 0 saturated carbocycles. The Morgan fingerprint density at radius 1 is 1.00 bits per heavy atom. The van der Waals surface area contributed by atoms with Crippen LogP contribution >= 0.6 is 11.8 Å². The second-order valence-corrected chi connectivity index (χ2v) is 12.1. The van der Waals surface area contributed by atoms with E-state index in [0.29, 0.717) is 5.56 Å². The fourth-order valence-corrected chi connectivity index (χ4v) is 8.49. The zero-order valence-electron chi connectivity index (χ0n) is 19.8. The van der Waals surface area contributed by atoms with Crippen LogP contribution < -0.4 is 4.31 Å². The van der Waals surface area contributed by atoms with E-state index in [4.69, 9.17) is 0 Å². The molecule has 0 radical (unpaired) electrons. The van der Waals surface area contributed by atoms with Gasteiger partial charge in [0, 0.05) is 18.7 Å². The molecule has 0 N–H and O–H groups in total. The monoisotopic (exact) mass is 561 g/mol. The lowest BCUT2D eigenvalue weighted by Crippen LogP contribution is -2.49. The second kappa shape index (κ2) is 9.73. The standard InChI is InChI=1S/C26H22F3N3O4S2/c27-26(28,29)23-15-10-18-6-4-5-9-22(18)25(23)16-17-30-24(37-25)31(19-7-2-1-3-8-19)38(35,36)21-13-11-20(12-14-21)32(33)34/h1-9,11-14,23H,10,15-17H2/t23-,25-/m0/s1. The number of aliphatic imine (C=N–C) groups is 1. The van der Waals surface area contributed by atoms with Crippen LogP contribution in [0.5, 0.6) is 0 Å². The number of rotatable bonds is 4. The van der Waals surface area contributed by atoms with E-state index in [9.17, 15) is 31.7 Å². The van der Waals surface area contributed by atoms with E-state index in [2.05, 4.69) is 4.99 Å². The van der Waals surface area contributed by atoms with Gasteiger partial charge in [-0.05, 0) is 54.7 Å². The van der Waals surface area contributed by atoms with Gasteiger partial charge in [0.05, 0.1) is 26.2 Å². The smallest absolute Gasteiger partial charge is 0.261 e. The third-order valence-electron chi connectivity index (χ3n) is 6.89. The van der Waals surface area contributed by atoms with Gasteiger partial charge in [0.2, 0.25) is 0 Å². The summed E-state index contributed by atoms with van der Waals surface area (Å²) in [6, 6.07) is 19.4. The lowest BCUT2D eigenvalue weighted by atomic mass is 9.72. The fraction of sp³-hybridized carbons (Fsp3) is 0.269. The summed E-state index contributed by atoms with van der Waals surface area (Å²) in [7, 11) is -4.40. The van der Waals surface area contributed by atoms with Crippen LogP contribution in [0.4, 0.5) is 24.5 Å². The number of fused-ring (bicyclic) bond motifs is 2. The average molecular weight is 562 g/mol. The first-order valence-electron chi connectivity index (χ1n) is 11.8. The van der Waals surface area contributed by atoms with Crippen LogP contribution in [0, 0.1) is 16.0 Å². The van der Waals surface area contributed by atoms with Crippen LogP contribution in [-0.2, 0) is 21.2 Å². The largest absolute Gasteiger partial charge is 0.393 e. The molecule has 0 fully saturated rings. The Morgan fingerprint density at radius 3 is 2.32 bits per heavy atom. The first kappa shape index (κ1) is 26.2. The fourth-order valence-electron chi connectivity index (χ4n) is 5.17. The Hall–Kier alpha value is -3.38. The highest BCUT2D eigenvalue weighted by Gasteiger charge is 2.58. The lowest BCUT2D eigenvalue weighted by molar-refractivity contribution is -0.384. The number of thioether (sulfide) groups is 1. The van der Waals surface area contributed by atoms with Crippen molar-refractivity contribution < 1.29 is 26.5 Å². The van der Waals surface area contributed by atoms with Crippen LogP contribution in [0.1, 0.15) is 24.0 Å². The molecule has 1 spiro atoms. The minimum absolute atomic E-state index is 0.00234. The van der Waals surface area contributed by atoms with Gasteiger partial charge in [-0.3, -0.25) is 15.1 Å². The normalized spacial score (nSPS) is 21.4. The highest BCUT2D eigenvalue weighted by atomic mass is 32.2. The van der Waals surface area contributed by atoms with Crippen LogP contribution in [0.15, 0.2) is 88.8 Å². The van der Waals surface area contributed by atoms with Gasteiger partial charge < -0.3 is 0 Å². The first-order valence-corrected chi connectivity index (χ1v) is 14.0. The summed E-state index contributed by atoms with van der Waals surface area (Å²) in [6.45, 7) is 0.00234. The average Bonchev–Trinajstić information content (AvgIpc) is 2.89. The molecule has 1 aliphatic heterocycles. The molecule has 2 aliphatic rings. The molecular formula is C26H22F3N3O4S2. The number of hydrogen-bond acceptors (Lipinski definition) is 6. The highest BCUT2D eigenvalue weighted by molar-refractivity contribution is 8.16. The SMILES string of the molecule is O=[N+]([O-])c1ccc(S(=O)(=O)N(C2=NCC[C@]3(S2)c2ccccc2CC[C@@H]3C(F)(F)F)c2ccccc2)cc1. The number of non-ortho nitro benzene ring substituents is 1. The van der Waals surface area contributed by atoms with Crippen molar-refractivity contribution in [1.82, 2.24) is 0 Å². The van der Waals surface area contributed by atoms with Crippen molar-refractivity contribution in [3.8, 4) is 0 Å². The molecular weight excluding hydrogens is 539 g/mol. The van der Waals surface area contributed by atoms with Crippen molar-refractivity contribution in [2.24, 2.45) is 10.9 Å². The molecule has 1 aliphatic carbocycles. The van der Waals surface area contributed by atoms with Crippen molar-refractivity contribution in [3.63, 3.8) is 0 Å². The summed E-state index contributed by atoms with van der Waals surface area (Å²) >= 11 is 0.833. The Balaban J connectivity index is 1.65. The lowest BCUT2D eigenvalue weighted by Gasteiger charge is -2.47. The Morgan fingerprint density at radius 2 is 1.66 bits per heavy atom. The highest BCUT2D eigenvalue weighted by Crippen LogP contribution is 2.59. The summed E-state index contributed by atoms with van der Waals surface area (Å²) in [5.74, 6) is -1.69. The predicted molar refractivity (Wildman–Crippen MR) is 140 cm³/mol. The van der Waals surface area contributed by atoms with E-state index in [1.807, 2.05) is 6.07 Å². The number of nitro groups is 1. The number of halogens is 3. The summed E-state index contributed by atoms with van der Waals surface area (Å²) in [5, 5.41) is 11.0. The Bertz CT molecular complexity index is 1500. The maximum Gasteiger partial charge on any atom is 0.393 e. The van der Waals surface area contributed by atoms with Crippen LogP contribution in [0.25, 0.3) is 0 Å². The molecule has 3 aromatic carbocycles. The Kier molecular flexibility index (Phi) is 6.72. The second-order valence-electron chi connectivity index (χ2n) is 9.05. The molecule has 0 bridgehead atoms. The van der Waals surface area contributed by atoms with Crippen molar-refractivity contribution in [1.29, 1.82) is 0 Å². The van der Waals surface area contributed by atoms with E-state index < -0.39 is 31.8 Å². The molecule has 2 atom stereocenters. The number of sulfonamides is 1. The van der Waals surface area contributed by atoms with Crippen molar-refractivity contribution in [3.05, 3.63) is 100 Å². The van der Waals surface area contributed by atoms with E-state index in [-0.39, 0.29) is 47.2 Å². The maximum absolute atomic E-state index is 14.5. The summed E-state index contributed by atoms with van der Waals surface area (Å²) in [5.41, 5.74) is 1.27. The summed E-state index contributed by atoms with van der Waals surface area (Å²) in [4.78, 5) is 14.6. The number of amidine groups is 1. The molecule has 5 rings (SSSR count). The number of para-hydroxylation sites is 1. The van der Waals surface area contributed by atoms with Gasteiger partial charge >= 0.3 is 6.18 Å². The number of benzene rings is 3. The molecule has 3 aromatic rings. The van der Waals surface area contributed by atoms with E-state index >= 15 is 0 Å². The van der Waals surface area contributed by atoms with E-state index in [0.717, 1.165) is 45.9 Å². The minimum atomic E-state index is -4.50. The summed E-state index contributed by atoms with van der Waals surface area (Å²) < 4.78 is 70.8. The molecule has 12 heteroatoms. The van der Waals surface area contributed by atoms with Crippen molar-refractivity contribution >= 4 is 38.3 Å². The quantitative estimate of drug-likeness (QED) is 0.275. The number of alkyl halides is 3. The molecule has 1 heterocycles. The Labute approximate surface area is 221 Å². The van der Waals surface area contributed by atoms with Crippen molar-refractivity contribution in [2.45, 2.75) is 35.1 Å². The predicted octanol–water partition coefficient (Wildman–Crippen LogP) is 6.30. The van der Waals surface area contributed by atoms with Gasteiger partial charge in [-0.1, -0.05) is 54.2 Å². The third kappa shape index (κ3) is 4.55. The van der Waals surface area contributed by atoms with Gasteiger partial charge in [-0.25, -0.2) is 12.7 Å². The van der Waals surface area contributed by atoms with Gasteiger partial charge in [-0.2, -0.15) is 13.2 Å². The molecule has 0 saturated heterocycles. The molecule has 0 amide bonds. The maximum atomic E-state index is 14.5. The number of hydrogen-bond donors (Lipinski definition) is 0. The van der Waals surface area contributed by atoms with Crippen LogP contribution in [-0.4, -0.2) is 31.2 Å². The summed E-state index contributed by atoms with van der Waals surface area (Å²) in [6.07, 6.45) is -4.24. The number of nitrogens with zero attached hydrogens (tertiary/aromatic N) is 3. The number of nitro benzene ring substituents is 1. The van der Waals surface area contributed by atoms with Crippen LogP contribution in [0.3, 0.4) is 0 Å². The zero-order valence-corrected chi connectivity index (χ0v) is 21.5. The first-order chi connectivity index (χ1) is 18.0. The van der Waals surface area contributed by atoms with Gasteiger partial charge in [0.1, 0.15) is 0 Å². The molecule has 38 heavy (non-hydrogen) atoms. The topological polar surface area (TPSA) is 92.9 Å². The molecule has 0 aromatic heterocycles. The number of aryl methyl sites for hydroxylation is 1. The third-order valence-corrected chi connectivity index (χ3v) is 10.3. The van der Waals surface area contributed by atoms with E-state index in [1.54, 1.807) is 36.4 Å².